The second-order valence-electron chi connectivity index (χ2n) is 16.7. The first-order valence-corrected chi connectivity index (χ1v) is 25.1. The molecule has 0 aliphatic carbocycles. The summed E-state index contributed by atoms with van der Waals surface area (Å²) in [5, 5.41) is 0. The molecule has 0 saturated heterocycles. The number of aromatic nitrogens is 3. The summed E-state index contributed by atoms with van der Waals surface area (Å²) in [6.45, 7) is 5.05. The van der Waals surface area contributed by atoms with Gasteiger partial charge in [0.25, 0.3) is 0 Å². The Labute approximate surface area is 379 Å². The van der Waals surface area contributed by atoms with Crippen LogP contribution >= 0.6 is 0 Å². The molecular weight excluding hydrogens is 799 g/mol. The molecule has 63 heavy (non-hydrogen) atoms. The lowest BCUT2D eigenvalue weighted by atomic mass is 10.1. The maximum Gasteiger partial charge on any atom is 0.336 e. The molecule has 360 valence electrons. The van der Waals surface area contributed by atoms with Crippen LogP contribution in [0.1, 0.15) is 213 Å². The summed E-state index contributed by atoms with van der Waals surface area (Å²) in [5.74, 6) is -1.24. The minimum atomic E-state index is -0.889. The molecule has 12 nitrogen and oxygen atoms in total. The third kappa shape index (κ3) is 30.7. The van der Waals surface area contributed by atoms with Crippen molar-refractivity contribution >= 4 is 17.9 Å². The first kappa shape index (κ1) is 57.1. The molecule has 0 radical (unpaired) electrons. The Balaban J connectivity index is 2.69. The number of hydrogen-bond acceptors (Lipinski definition) is 9. The van der Waals surface area contributed by atoms with Crippen molar-refractivity contribution in [1.82, 2.24) is 13.7 Å². The van der Waals surface area contributed by atoms with E-state index in [0.717, 1.165) is 129 Å². The van der Waals surface area contributed by atoms with E-state index in [1.807, 2.05) is 0 Å². The number of allylic oxidation sites excluding steroid dienone is 6. The molecular formula is C51H87N3O9. The zero-order valence-electron chi connectivity index (χ0n) is 39.9. The van der Waals surface area contributed by atoms with Crippen molar-refractivity contribution in [3.8, 4) is 0 Å². The number of hydrogen-bond donors (Lipinski definition) is 0. The van der Waals surface area contributed by atoms with E-state index in [9.17, 15) is 28.8 Å². The summed E-state index contributed by atoms with van der Waals surface area (Å²) in [5.41, 5.74) is -2.67. The van der Waals surface area contributed by atoms with Crippen LogP contribution in [0, 0.1) is 0 Å². The second-order valence-corrected chi connectivity index (χ2v) is 16.7. The molecule has 0 fully saturated rings. The van der Waals surface area contributed by atoms with Crippen LogP contribution in [0.5, 0.6) is 0 Å². The van der Waals surface area contributed by atoms with Gasteiger partial charge in [0.2, 0.25) is 0 Å². The van der Waals surface area contributed by atoms with E-state index >= 15 is 0 Å². The molecule has 1 heterocycles. The number of unbranched alkanes of at least 4 members (excludes halogenated alkanes) is 21. The quantitative estimate of drug-likeness (QED) is 0.0271. The fourth-order valence-corrected chi connectivity index (χ4v) is 7.15. The zero-order chi connectivity index (χ0) is 46.0. The van der Waals surface area contributed by atoms with Gasteiger partial charge in [-0.05, 0) is 77.0 Å². The maximum atomic E-state index is 13.5. The highest BCUT2D eigenvalue weighted by atomic mass is 16.5. The van der Waals surface area contributed by atoms with Crippen LogP contribution in [0.25, 0.3) is 0 Å². The molecule has 0 atom stereocenters. The van der Waals surface area contributed by atoms with Gasteiger partial charge < -0.3 is 14.2 Å². The lowest BCUT2D eigenvalue weighted by Gasteiger charge is -2.14. The maximum absolute atomic E-state index is 13.5. The van der Waals surface area contributed by atoms with E-state index in [4.69, 9.17) is 14.2 Å². The summed E-state index contributed by atoms with van der Waals surface area (Å²) < 4.78 is 18.7. The van der Waals surface area contributed by atoms with E-state index in [1.54, 1.807) is 0 Å². The van der Waals surface area contributed by atoms with Crippen molar-refractivity contribution in [2.45, 2.75) is 233 Å². The minimum Gasteiger partial charge on any atom is -0.464 e. The van der Waals surface area contributed by atoms with Crippen molar-refractivity contribution in [2.75, 3.05) is 19.8 Å². The van der Waals surface area contributed by atoms with Crippen LogP contribution in [0.2, 0.25) is 0 Å². The van der Waals surface area contributed by atoms with E-state index in [2.05, 4.69) is 57.2 Å². The van der Waals surface area contributed by atoms with Crippen molar-refractivity contribution in [3.63, 3.8) is 0 Å². The zero-order valence-corrected chi connectivity index (χ0v) is 39.9. The Bertz CT molecular complexity index is 1390. The van der Waals surface area contributed by atoms with E-state index in [-0.39, 0.29) is 58.7 Å². The van der Waals surface area contributed by atoms with E-state index in [0.29, 0.717) is 19.3 Å². The van der Waals surface area contributed by atoms with Gasteiger partial charge >= 0.3 is 35.0 Å². The Hall–Kier alpha value is -3.96. The van der Waals surface area contributed by atoms with Crippen LogP contribution in [0.3, 0.4) is 0 Å². The number of carbonyl (C=O) groups is 3. The average molecular weight is 886 g/mol. The summed E-state index contributed by atoms with van der Waals surface area (Å²) in [6, 6.07) is 0. The number of rotatable bonds is 42. The standard InChI is InChI=1S/C51H87N3O9/c1-4-7-10-13-16-19-22-25-28-31-34-37-46(55)61-43-40-52-49(58)53(41-44-62-47(56)38-35-32-29-26-23-20-17-14-11-8-5-2)51(60)54(50(52)59)42-45-63-48(57)39-36-33-30-27-24-21-18-15-12-9-6-3/h10-15H,4-9,16-45H2,1-3H3/b13-10+,14-11+,15-12+. The van der Waals surface area contributed by atoms with E-state index in [1.165, 1.54) is 38.5 Å². The Morgan fingerprint density at radius 3 is 0.825 bits per heavy atom. The van der Waals surface area contributed by atoms with Crippen LogP contribution in [-0.2, 0) is 48.2 Å². The molecule has 0 aliphatic heterocycles. The van der Waals surface area contributed by atoms with Crippen molar-refractivity contribution in [3.05, 3.63) is 67.9 Å². The molecule has 0 bridgehead atoms. The van der Waals surface area contributed by atoms with Crippen LogP contribution < -0.4 is 17.1 Å². The number of carbonyl (C=O) groups excluding carboxylic acids is 3. The third-order valence-electron chi connectivity index (χ3n) is 11.0. The highest BCUT2D eigenvalue weighted by Crippen LogP contribution is 2.12. The predicted molar refractivity (Wildman–Crippen MR) is 255 cm³/mol. The number of nitrogens with zero attached hydrogens (tertiary/aromatic N) is 3. The van der Waals surface area contributed by atoms with Gasteiger partial charge in [0.15, 0.2) is 0 Å². The van der Waals surface area contributed by atoms with Crippen LogP contribution in [0.15, 0.2) is 50.8 Å². The average Bonchev–Trinajstić information content (AvgIpc) is 3.27. The lowest BCUT2D eigenvalue weighted by molar-refractivity contribution is -0.144. The number of ether oxygens (including phenoxy) is 3. The molecule has 0 N–H and O–H groups in total. The molecule has 0 unspecified atom stereocenters. The topological polar surface area (TPSA) is 145 Å². The Morgan fingerprint density at radius 2 is 0.571 bits per heavy atom. The highest BCUT2D eigenvalue weighted by Gasteiger charge is 2.17. The van der Waals surface area contributed by atoms with Crippen molar-refractivity contribution in [2.24, 2.45) is 0 Å². The molecule has 1 aromatic rings. The number of esters is 3. The highest BCUT2D eigenvalue weighted by molar-refractivity contribution is 5.69. The second kappa shape index (κ2) is 40.8. The fraction of sp³-hybridized carbons (Fsp3) is 0.765. The molecule has 1 aromatic heterocycles. The summed E-state index contributed by atoms with van der Waals surface area (Å²) in [4.78, 5) is 77.9. The van der Waals surface area contributed by atoms with Gasteiger partial charge in [-0.25, -0.2) is 28.1 Å². The van der Waals surface area contributed by atoms with Gasteiger partial charge in [-0.3, -0.25) is 14.4 Å². The van der Waals surface area contributed by atoms with Crippen LogP contribution in [-0.4, -0.2) is 51.4 Å². The van der Waals surface area contributed by atoms with Gasteiger partial charge in [0.1, 0.15) is 19.8 Å². The van der Waals surface area contributed by atoms with Crippen molar-refractivity contribution < 1.29 is 28.6 Å². The minimum absolute atomic E-state index is 0.228. The first-order valence-electron chi connectivity index (χ1n) is 25.1. The molecule has 0 aromatic carbocycles. The van der Waals surface area contributed by atoms with Gasteiger partial charge in [-0.15, -0.1) is 0 Å². The van der Waals surface area contributed by atoms with Crippen LogP contribution in [0.4, 0.5) is 0 Å². The molecule has 0 spiro atoms. The lowest BCUT2D eigenvalue weighted by Crippen LogP contribution is -2.55. The molecule has 0 aliphatic rings. The molecule has 0 amide bonds. The Morgan fingerprint density at radius 1 is 0.349 bits per heavy atom. The first-order chi connectivity index (χ1) is 30.8. The molecule has 0 saturated carbocycles. The van der Waals surface area contributed by atoms with Crippen molar-refractivity contribution in [1.29, 1.82) is 0 Å². The monoisotopic (exact) mass is 886 g/mol. The molecule has 1 rings (SSSR count). The Kier molecular flexibility index (Phi) is 36.9. The normalized spacial score (nSPS) is 11.7. The van der Waals surface area contributed by atoms with Gasteiger partial charge in [0, 0.05) is 19.3 Å². The smallest absolute Gasteiger partial charge is 0.336 e. The summed E-state index contributed by atoms with van der Waals surface area (Å²) in [7, 11) is 0. The molecule has 12 heteroatoms. The summed E-state index contributed by atoms with van der Waals surface area (Å²) >= 11 is 0. The fourth-order valence-electron chi connectivity index (χ4n) is 7.15. The van der Waals surface area contributed by atoms with Gasteiger partial charge in [-0.1, -0.05) is 154 Å². The largest absolute Gasteiger partial charge is 0.464 e. The third-order valence-corrected chi connectivity index (χ3v) is 11.0. The summed E-state index contributed by atoms with van der Waals surface area (Å²) in [6.07, 6.45) is 42.8. The SMILES string of the molecule is CCC/C=C/CCCCCCCCC(=O)OCCn1c(=O)n(CCOC(=O)CCCCCCCC/C=C/CCC)c(=O)n(CCOC(=O)CCCCCCCC/C=C/CCC)c1=O. The van der Waals surface area contributed by atoms with Gasteiger partial charge in [-0.2, -0.15) is 0 Å². The predicted octanol–water partition coefficient (Wildman–Crippen LogP) is 11.2. The van der Waals surface area contributed by atoms with Gasteiger partial charge in [0.05, 0.1) is 19.6 Å². The van der Waals surface area contributed by atoms with E-state index < -0.39 is 35.0 Å².